The normalized spacial score (nSPS) is 21.6. The maximum Gasteiger partial charge on any atom is 0.176 e. The van der Waals surface area contributed by atoms with E-state index in [9.17, 15) is 4.79 Å². The minimum Gasteiger partial charge on any atom is -0.377 e. The molecule has 0 spiro atoms. The van der Waals surface area contributed by atoms with E-state index in [2.05, 4.69) is 27.8 Å². The second-order valence-electron chi connectivity index (χ2n) is 4.70. The smallest absolute Gasteiger partial charge is 0.176 e. The highest BCUT2D eigenvalue weighted by Gasteiger charge is 2.18. The van der Waals surface area contributed by atoms with Crippen molar-refractivity contribution in [1.29, 1.82) is 0 Å². The van der Waals surface area contributed by atoms with Crippen molar-refractivity contribution in [3.63, 3.8) is 0 Å². The van der Waals surface area contributed by atoms with Gasteiger partial charge >= 0.3 is 0 Å². The van der Waals surface area contributed by atoms with Gasteiger partial charge in [-0.05, 0) is 25.5 Å². The summed E-state index contributed by atoms with van der Waals surface area (Å²) in [6, 6.07) is 7.56. The van der Waals surface area contributed by atoms with Gasteiger partial charge in [0, 0.05) is 29.7 Å². The first kappa shape index (κ1) is 13.7. The molecule has 2 rings (SSSR count). The Labute approximate surface area is 116 Å². The Kier molecular flexibility index (Phi) is 4.92. The van der Waals surface area contributed by atoms with E-state index in [1.165, 1.54) is 0 Å². The van der Waals surface area contributed by atoms with Crippen LogP contribution in [0, 0.1) is 0 Å². The number of rotatable bonds is 3. The summed E-state index contributed by atoms with van der Waals surface area (Å²) >= 11 is 3.39. The Morgan fingerprint density at radius 1 is 1.56 bits per heavy atom. The van der Waals surface area contributed by atoms with E-state index in [0.717, 1.165) is 36.2 Å². The molecule has 1 aliphatic heterocycles. The number of carbonyl (C=O) groups excluding carboxylic acids is 1. The van der Waals surface area contributed by atoms with Crippen LogP contribution in [-0.4, -0.2) is 43.0 Å². The van der Waals surface area contributed by atoms with Crippen molar-refractivity contribution in [2.75, 3.05) is 26.2 Å². The highest BCUT2D eigenvalue weighted by Crippen LogP contribution is 2.13. The highest BCUT2D eigenvalue weighted by atomic mass is 79.9. The molecule has 1 aliphatic rings. The second kappa shape index (κ2) is 6.45. The molecular formula is C14H18BrNO2. The van der Waals surface area contributed by atoms with Gasteiger partial charge in [-0.25, -0.2) is 0 Å². The van der Waals surface area contributed by atoms with Gasteiger partial charge in [-0.1, -0.05) is 28.1 Å². The molecule has 0 amide bonds. The molecule has 1 fully saturated rings. The number of halogens is 1. The third kappa shape index (κ3) is 3.90. The largest absolute Gasteiger partial charge is 0.377 e. The van der Waals surface area contributed by atoms with Crippen molar-refractivity contribution in [1.82, 2.24) is 4.90 Å². The Bertz CT molecular complexity index is 422. The van der Waals surface area contributed by atoms with Gasteiger partial charge in [0.2, 0.25) is 0 Å². The van der Waals surface area contributed by atoms with Crippen LogP contribution < -0.4 is 0 Å². The fourth-order valence-corrected chi connectivity index (χ4v) is 2.58. The maximum absolute atomic E-state index is 12.2. The van der Waals surface area contributed by atoms with Gasteiger partial charge in [-0.2, -0.15) is 0 Å². The minimum absolute atomic E-state index is 0.172. The SMILES string of the molecule is CC1CN(CC(=O)c2cccc(Br)c2)CCCO1. The third-order valence-electron chi connectivity index (χ3n) is 3.05. The number of carbonyl (C=O) groups is 1. The van der Waals surface area contributed by atoms with Crippen molar-refractivity contribution < 1.29 is 9.53 Å². The van der Waals surface area contributed by atoms with E-state index in [1.54, 1.807) is 0 Å². The van der Waals surface area contributed by atoms with Crippen LogP contribution >= 0.6 is 15.9 Å². The molecule has 3 nitrogen and oxygen atoms in total. The van der Waals surface area contributed by atoms with Crippen LogP contribution in [0.4, 0.5) is 0 Å². The summed E-state index contributed by atoms with van der Waals surface area (Å²) < 4.78 is 6.52. The summed E-state index contributed by atoms with van der Waals surface area (Å²) in [6.45, 7) is 5.10. The molecule has 4 heteroatoms. The average molecular weight is 312 g/mol. The van der Waals surface area contributed by atoms with Crippen LogP contribution in [-0.2, 0) is 4.74 Å². The summed E-state index contributed by atoms with van der Waals surface area (Å²) in [5.74, 6) is 0.172. The van der Waals surface area contributed by atoms with E-state index < -0.39 is 0 Å². The number of hydrogen-bond acceptors (Lipinski definition) is 3. The summed E-state index contributed by atoms with van der Waals surface area (Å²) in [4.78, 5) is 14.4. The zero-order valence-electron chi connectivity index (χ0n) is 10.6. The van der Waals surface area contributed by atoms with Crippen LogP contribution in [0.5, 0.6) is 0 Å². The molecular weight excluding hydrogens is 294 g/mol. The van der Waals surface area contributed by atoms with Crippen molar-refractivity contribution >= 4 is 21.7 Å². The fourth-order valence-electron chi connectivity index (χ4n) is 2.18. The molecule has 18 heavy (non-hydrogen) atoms. The molecule has 1 saturated heterocycles. The zero-order chi connectivity index (χ0) is 13.0. The number of Topliss-reactive ketones (excluding diaryl/α,β-unsaturated/α-hetero) is 1. The number of nitrogens with zero attached hydrogens (tertiary/aromatic N) is 1. The first-order valence-corrected chi connectivity index (χ1v) is 7.07. The van der Waals surface area contributed by atoms with E-state index in [4.69, 9.17) is 4.74 Å². The minimum atomic E-state index is 0.172. The molecule has 1 heterocycles. The predicted molar refractivity (Wildman–Crippen MR) is 74.9 cm³/mol. The first-order valence-electron chi connectivity index (χ1n) is 6.28. The summed E-state index contributed by atoms with van der Waals surface area (Å²) in [5.41, 5.74) is 0.766. The van der Waals surface area contributed by atoms with Gasteiger partial charge in [0.25, 0.3) is 0 Å². The molecule has 1 aromatic rings. The molecule has 0 radical (unpaired) electrons. The van der Waals surface area contributed by atoms with Gasteiger partial charge < -0.3 is 4.74 Å². The molecule has 1 aromatic carbocycles. The first-order chi connectivity index (χ1) is 8.65. The summed E-state index contributed by atoms with van der Waals surface area (Å²) in [5, 5.41) is 0. The molecule has 0 bridgehead atoms. The van der Waals surface area contributed by atoms with Crippen molar-refractivity contribution in [2.45, 2.75) is 19.4 Å². The predicted octanol–water partition coefficient (Wildman–Crippen LogP) is 2.74. The van der Waals surface area contributed by atoms with Crippen LogP contribution in [0.2, 0.25) is 0 Å². The standard InChI is InChI=1S/C14H18BrNO2/c1-11-9-16(6-3-7-18-11)10-14(17)12-4-2-5-13(15)8-12/h2,4-5,8,11H,3,6-7,9-10H2,1H3. The number of ketones is 1. The van der Waals surface area contributed by atoms with Crippen LogP contribution in [0.3, 0.4) is 0 Å². The van der Waals surface area contributed by atoms with E-state index in [-0.39, 0.29) is 11.9 Å². The molecule has 98 valence electrons. The molecule has 0 N–H and O–H groups in total. The van der Waals surface area contributed by atoms with Gasteiger partial charge in [0.05, 0.1) is 12.6 Å². The Balaban J connectivity index is 1.98. The van der Waals surface area contributed by atoms with Crippen LogP contribution in [0.25, 0.3) is 0 Å². The number of benzene rings is 1. The number of ether oxygens (including phenoxy) is 1. The average Bonchev–Trinajstić information content (AvgIpc) is 2.53. The molecule has 0 saturated carbocycles. The number of hydrogen-bond donors (Lipinski definition) is 0. The lowest BCUT2D eigenvalue weighted by Crippen LogP contribution is -2.34. The molecule has 1 atom stereocenters. The quantitative estimate of drug-likeness (QED) is 0.804. The van der Waals surface area contributed by atoms with Crippen molar-refractivity contribution in [3.8, 4) is 0 Å². The third-order valence-corrected chi connectivity index (χ3v) is 3.54. The Hall–Kier alpha value is -0.710. The Morgan fingerprint density at radius 2 is 2.39 bits per heavy atom. The zero-order valence-corrected chi connectivity index (χ0v) is 12.1. The molecule has 1 unspecified atom stereocenters. The monoisotopic (exact) mass is 311 g/mol. The van der Waals surface area contributed by atoms with Gasteiger partial charge in [0.1, 0.15) is 0 Å². The summed E-state index contributed by atoms with van der Waals surface area (Å²) in [6.07, 6.45) is 1.21. The van der Waals surface area contributed by atoms with Crippen LogP contribution in [0.1, 0.15) is 23.7 Å². The van der Waals surface area contributed by atoms with E-state index in [1.807, 2.05) is 24.3 Å². The topological polar surface area (TPSA) is 29.5 Å². The van der Waals surface area contributed by atoms with E-state index >= 15 is 0 Å². The molecule has 0 aliphatic carbocycles. The second-order valence-corrected chi connectivity index (χ2v) is 5.62. The summed E-state index contributed by atoms with van der Waals surface area (Å²) in [7, 11) is 0. The fraction of sp³-hybridized carbons (Fsp3) is 0.500. The lowest BCUT2D eigenvalue weighted by molar-refractivity contribution is 0.0657. The van der Waals surface area contributed by atoms with Crippen molar-refractivity contribution in [3.05, 3.63) is 34.3 Å². The molecule has 0 aromatic heterocycles. The van der Waals surface area contributed by atoms with Crippen molar-refractivity contribution in [2.24, 2.45) is 0 Å². The van der Waals surface area contributed by atoms with E-state index in [0.29, 0.717) is 6.54 Å². The maximum atomic E-state index is 12.2. The van der Waals surface area contributed by atoms with Gasteiger partial charge in [-0.3, -0.25) is 9.69 Å². The van der Waals surface area contributed by atoms with Crippen LogP contribution in [0.15, 0.2) is 28.7 Å². The lowest BCUT2D eigenvalue weighted by atomic mass is 10.1. The highest BCUT2D eigenvalue weighted by molar-refractivity contribution is 9.10. The lowest BCUT2D eigenvalue weighted by Gasteiger charge is -2.20. The van der Waals surface area contributed by atoms with Gasteiger partial charge in [-0.15, -0.1) is 0 Å². The Morgan fingerprint density at radius 3 is 3.17 bits per heavy atom. The van der Waals surface area contributed by atoms with Gasteiger partial charge in [0.15, 0.2) is 5.78 Å².